The van der Waals surface area contributed by atoms with Gasteiger partial charge in [-0.1, -0.05) is 29.8 Å². The summed E-state index contributed by atoms with van der Waals surface area (Å²) in [6, 6.07) is 4.71. The summed E-state index contributed by atoms with van der Waals surface area (Å²) in [5.41, 5.74) is -12.0. The van der Waals surface area contributed by atoms with Crippen LogP contribution < -0.4 is 0 Å². The highest BCUT2D eigenvalue weighted by Gasteiger charge is 2.62. The van der Waals surface area contributed by atoms with Crippen molar-refractivity contribution in [2.45, 2.75) is 28.9 Å². The standard InChI is InChI=1S/C11H10F6O4S2/c1-7-2-4-8(5-3-7)6-9(22(18,19)10(12,13)14)23(20,21)11(15,16)17/h2-5,9H,6H2,1H3. The van der Waals surface area contributed by atoms with Crippen LogP contribution in [0, 0.1) is 6.92 Å². The third-order valence-electron chi connectivity index (χ3n) is 2.86. The SMILES string of the molecule is Cc1ccc(CC(S(=O)(=O)C(F)(F)F)S(=O)(=O)C(F)(F)F)cc1. The van der Waals surface area contributed by atoms with Crippen LogP contribution in [0.3, 0.4) is 0 Å². The highest BCUT2D eigenvalue weighted by molar-refractivity contribution is 8.09. The average Bonchev–Trinajstić information content (AvgIpc) is 2.34. The zero-order chi connectivity index (χ0) is 18.3. The first kappa shape index (κ1) is 19.7. The Kier molecular flexibility index (Phi) is 5.12. The molecular weight excluding hydrogens is 374 g/mol. The summed E-state index contributed by atoms with van der Waals surface area (Å²) in [6.45, 7) is 1.57. The van der Waals surface area contributed by atoms with Crippen molar-refractivity contribution in [2.24, 2.45) is 0 Å². The minimum Gasteiger partial charge on any atom is -0.218 e. The van der Waals surface area contributed by atoms with E-state index in [1.807, 2.05) is 0 Å². The first-order valence-electron chi connectivity index (χ1n) is 5.76. The quantitative estimate of drug-likeness (QED) is 0.749. The van der Waals surface area contributed by atoms with E-state index in [0.717, 1.165) is 12.1 Å². The molecule has 12 heteroatoms. The maximum Gasteiger partial charge on any atom is 0.498 e. The fraction of sp³-hybridized carbons (Fsp3) is 0.455. The monoisotopic (exact) mass is 384 g/mol. The van der Waals surface area contributed by atoms with Crippen molar-refractivity contribution >= 4 is 19.7 Å². The Balaban J connectivity index is 3.49. The smallest absolute Gasteiger partial charge is 0.218 e. The van der Waals surface area contributed by atoms with Gasteiger partial charge in [0.1, 0.15) is 0 Å². The van der Waals surface area contributed by atoms with Gasteiger partial charge >= 0.3 is 11.0 Å². The van der Waals surface area contributed by atoms with Crippen molar-refractivity contribution < 1.29 is 43.2 Å². The number of alkyl halides is 6. The normalized spacial score (nSPS) is 14.3. The van der Waals surface area contributed by atoms with Gasteiger partial charge in [-0.05, 0) is 12.5 Å². The number of hydrogen-bond donors (Lipinski definition) is 0. The summed E-state index contributed by atoms with van der Waals surface area (Å²) in [5, 5.41) is 0. The molecule has 0 atom stereocenters. The molecule has 0 saturated heterocycles. The molecule has 0 aliphatic carbocycles. The van der Waals surface area contributed by atoms with Crippen LogP contribution in [0.4, 0.5) is 26.3 Å². The predicted molar refractivity (Wildman–Crippen MR) is 68.6 cm³/mol. The van der Waals surface area contributed by atoms with Gasteiger partial charge in [-0.2, -0.15) is 26.3 Å². The maximum atomic E-state index is 12.5. The highest BCUT2D eigenvalue weighted by Crippen LogP contribution is 2.37. The van der Waals surface area contributed by atoms with Crippen molar-refractivity contribution in [3.63, 3.8) is 0 Å². The molecule has 0 aromatic heterocycles. The van der Waals surface area contributed by atoms with Crippen molar-refractivity contribution in [1.29, 1.82) is 0 Å². The topological polar surface area (TPSA) is 68.3 Å². The second-order valence-electron chi connectivity index (χ2n) is 4.60. The molecule has 0 radical (unpaired) electrons. The molecule has 0 fully saturated rings. The Morgan fingerprint density at radius 1 is 0.826 bits per heavy atom. The van der Waals surface area contributed by atoms with Gasteiger partial charge in [0.05, 0.1) is 0 Å². The second-order valence-corrected chi connectivity index (χ2v) is 9.14. The lowest BCUT2D eigenvalue weighted by atomic mass is 10.1. The molecule has 132 valence electrons. The van der Waals surface area contributed by atoms with Gasteiger partial charge in [0.2, 0.25) is 0 Å². The van der Waals surface area contributed by atoms with Crippen LogP contribution in [0.25, 0.3) is 0 Å². The number of aryl methyl sites for hydroxylation is 1. The van der Waals surface area contributed by atoms with Crippen molar-refractivity contribution in [1.82, 2.24) is 0 Å². The lowest BCUT2D eigenvalue weighted by Crippen LogP contribution is -2.46. The maximum absolute atomic E-state index is 12.5. The third-order valence-corrected chi connectivity index (χ3v) is 7.39. The Morgan fingerprint density at radius 2 is 1.17 bits per heavy atom. The molecular formula is C11H10F6O4S2. The summed E-state index contributed by atoms with van der Waals surface area (Å²) in [6.07, 6.45) is -1.47. The Bertz CT molecular complexity index is 716. The first-order chi connectivity index (χ1) is 10.1. The minimum absolute atomic E-state index is 0.291. The summed E-state index contributed by atoms with van der Waals surface area (Å²) in [4.78, 5) is 0. The highest BCUT2D eigenvalue weighted by atomic mass is 32.3. The Hall–Kier alpha value is -1.30. The fourth-order valence-corrected chi connectivity index (χ4v) is 5.01. The van der Waals surface area contributed by atoms with E-state index in [2.05, 4.69) is 0 Å². The van der Waals surface area contributed by atoms with E-state index in [-0.39, 0.29) is 5.56 Å². The molecule has 1 aromatic rings. The van der Waals surface area contributed by atoms with Crippen molar-refractivity contribution in [2.75, 3.05) is 0 Å². The van der Waals surface area contributed by atoms with Gasteiger partial charge in [-0.3, -0.25) is 0 Å². The van der Waals surface area contributed by atoms with Crippen LogP contribution in [0.2, 0.25) is 0 Å². The molecule has 0 heterocycles. The third kappa shape index (κ3) is 3.97. The van der Waals surface area contributed by atoms with E-state index in [1.165, 1.54) is 12.1 Å². The van der Waals surface area contributed by atoms with Gasteiger partial charge in [0, 0.05) is 6.42 Å². The Labute approximate surface area is 128 Å². The van der Waals surface area contributed by atoms with Gasteiger partial charge in [0.15, 0.2) is 4.58 Å². The molecule has 1 aromatic carbocycles. The van der Waals surface area contributed by atoms with Crippen molar-refractivity contribution in [3.8, 4) is 0 Å². The fourth-order valence-electron chi connectivity index (χ4n) is 1.60. The number of rotatable bonds is 4. The summed E-state index contributed by atoms with van der Waals surface area (Å²) < 4.78 is 117. The molecule has 0 bridgehead atoms. The molecule has 0 spiro atoms. The number of benzene rings is 1. The second kappa shape index (κ2) is 5.96. The number of sulfone groups is 2. The van der Waals surface area contributed by atoms with Crippen LogP contribution in [0.1, 0.15) is 11.1 Å². The zero-order valence-electron chi connectivity index (χ0n) is 11.3. The van der Waals surface area contributed by atoms with Gasteiger partial charge < -0.3 is 0 Å². The van der Waals surface area contributed by atoms with E-state index in [0.29, 0.717) is 5.56 Å². The average molecular weight is 384 g/mol. The summed E-state index contributed by atoms with van der Waals surface area (Å²) in [7, 11) is -13.2. The molecule has 0 saturated carbocycles. The largest absolute Gasteiger partial charge is 0.498 e. The van der Waals surface area contributed by atoms with Gasteiger partial charge in [-0.25, -0.2) is 16.8 Å². The van der Waals surface area contributed by atoms with E-state index in [4.69, 9.17) is 0 Å². The molecule has 0 aliphatic rings. The molecule has 0 aliphatic heterocycles. The van der Waals surface area contributed by atoms with Crippen LogP contribution in [0.15, 0.2) is 24.3 Å². The van der Waals surface area contributed by atoms with Crippen LogP contribution in [-0.2, 0) is 26.1 Å². The Morgan fingerprint density at radius 3 is 1.48 bits per heavy atom. The van der Waals surface area contributed by atoms with E-state index < -0.39 is 41.7 Å². The van der Waals surface area contributed by atoms with Gasteiger partial charge in [-0.15, -0.1) is 0 Å². The lowest BCUT2D eigenvalue weighted by Gasteiger charge is -2.21. The molecule has 0 N–H and O–H groups in total. The van der Waals surface area contributed by atoms with Crippen LogP contribution in [0.5, 0.6) is 0 Å². The van der Waals surface area contributed by atoms with Crippen LogP contribution >= 0.6 is 0 Å². The van der Waals surface area contributed by atoms with Crippen molar-refractivity contribution in [3.05, 3.63) is 35.4 Å². The van der Waals surface area contributed by atoms with Gasteiger partial charge in [0.25, 0.3) is 19.7 Å². The molecule has 0 amide bonds. The van der Waals surface area contributed by atoms with E-state index >= 15 is 0 Å². The van der Waals surface area contributed by atoms with Crippen LogP contribution in [-0.4, -0.2) is 32.4 Å². The molecule has 1 rings (SSSR count). The molecule has 23 heavy (non-hydrogen) atoms. The lowest BCUT2D eigenvalue weighted by molar-refractivity contribution is -0.0471. The molecule has 4 nitrogen and oxygen atoms in total. The van der Waals surface area contributed by atoms with E-state index in [9.17, 15) is 43.2 Å². The number of hydrogen-bond acceptors (Lipinski definition) is 4. The first-order valence-corrected chi connectivity index (χ1v) is 8.86. The predicted octanol–water partition coefficient (Wildman–Crippen LogP) is 2.73. The summed E-state index contributed by atoms with van der Waals surface area (Å²) in [5.74, 6) is 0. The number of halogens is 6. The minimum atomic E-state index is -6.60. The van der Waals surface area contributed by atoms with E-state index in [1.54, 1.807) is 6.92 Å². The zero-order valence-corrected chi connectivity index (χ0v) is 12.9. The summed E-state index contributed by atoms with van der Waals surface area (Å²) >= 11 is 0. The molecule has 0 unspecified atom stereocenters.